The van der Waals surface area contributed by atoms with Gasteiger partial charge in [-0.05, 0) is 36.8 Å². The van der Waals surface area contributed by atoms with E-state index in [0.29, 0.717) is 11.3 Å². The number of aryl methyl sites for hydroxylation is 1. The lowest BCUT2D eigenvalue weighted by atomic mass is 10.0. The summed E-state index contributed by atoms with van der Waals surface area (Å²) in [4.78, 5) is 0. The summed E-state index contributed by atoms with van der Waals surface area (Å²) >= 11 is 0. The molecular formula is C19H16N4O2. The molecule has 6 nitrogen and oxygen atoms in total. The fourth-order valence-electron chi connectivity index (χ4n) is 2.88. The average molecular weight is 332 g/mol. The number of H-pyrrole nitrogens is 1. The number of hydrogen-bond donors (Lipinski definition) is 3. The van der Waals surface area contributed by atoms with E-state index in [1.807, 2.05) is 36.5 Å². The molecule has 25 heavy (non-hydrogen) atoms. The van der Waals surface area contributed by atoms with E-state index >= 15 is 0 Å². The zero-order valence-electron chi connectivity index (χ0n) is 13.5. The first-order valence-corrected chi connectivity index (χ1v) is 7.80. The fraction of sp³-hybridized carbons (Fsp3) is 0.0526. The topological polar surface area (TPSA) is 87.0 Å². The summed E-state index contributed by atoms with van der Waals surface area (Å²) in [7, 11) is 0. The van der Waals surface area contributed by atoms with Crippen molar-refractivity contribution in [3.8, 4) is 39.6 Å². The molecule has 0 atom stereocenters. The molecule has 0 aliphatic rings. The van der Waals surface area contributed by atoms with E-state index in [2.05, 4.69) is 15.3 Å². The third-order valence-corrected chi connectivity index (χ3v) is 4.04. The highest BCUT2D eigenvalue weighted by Gasteiger charge is 2.18. The van der Waals surface area contributed by atoms with Crippen LogP contribution in [0.25, 0.3) is 28.1 Å². The third-order valence-electron chi connectivity index (χ3n) is 4.04. The maximum atomic E-state index is 10.3. The normalized spacial score (nSPS) is 10.9. The van der Waals surface area contributed by atoms with Crippen LogP contribution in [0.15, 0.2) is 61.1 Å². The number of nitrogens with one attached hydrogen (secondary N) is 1. The van der Waals surface area contributed by atoms with Gasteiger partial charge >= 0.3 is 0 Å². The van der Waals surface area contributed by atoms with Gasteiger partial charge in [-0.25, -0.2) is 4.68 Å². The molecule has 0 bridgehead atoms. The predicted octanol–water partition coefficient (Wildman–Crippen LogP) is 3.65. The average Bonchev–Trinajstić information content (AvgIpc) is 3.23. The van der Waals surface area contributed by atoms with E-state index < -0.39 is 0 Å². The van der Waals surface area contributed by atoms with Crippen molar-refractivity contribution in [2.75, 3.05) is 0 Å². The van der Waals surface area contributed by atoms with E-state index in [1.165, 1.54) is 0 Å². The van der Waals surface area contributed by atoms with Crippen molar-refractivity contribution in [1.82, 2.24) is 20.0 Å². The molecule has 0 amide bonds. The van der Waals surface area contributed by atoms with Gasteiger partial charge in [0.25, 0.3) is 0 Å². The Hall–Kier alpha value is -3.54. The summed E-state index contributed by atoms with van der Waals surface area (Å²) in [5, 5.41) is 31.9. The molecule has 0 radical (unpaired) electrons. The van der Waals surface area contributed by atoms with Crippen molar-refractivity contribution in [2.24, 2.45) is 0 Å². The molecule has 6 heteroatoms. The maximum absolute atomic E-state index is 10.3. The van der Waals surface area contributed by atoms with Gasteiger partial charge in [-0.3, -0.25) is 5.10 Å². The number of aromatic nitrogens is 4. The molecule has 0 spiro atoms. The quantitative estimate of drug-likeness (QED) is 0.534. The van der Waals surface area contributed by atoms with Crippen molar-refractivity contribution >= 4 is 0 Å². The van der Waals surface area contributed by atoms with Crippen molar-refractivity contribution in [3.63, 3.8) is 0 Å². The highest BCUT2D eigenvalue weighted by molar-refractivity contribution is 5.86. The number of aromatic amines is 1. The Morgan fingerprint density at radius 3 is 2.44 bits per heavy atom. The van der Waals surface area contributed by atoms with Crippen LogP contribution >= 0.6 is 0 Å². The van der Waals surface area contributed by atoms with Crippen molar-refractivity contribution < 1.29 is 10.2 Å². The molecule has 2 aromatic carbocycles. The van der Waals surface area contributed by atoms with Crippen LogP contribution in [-0.2, 0) is 0 Å². The van der Waals surface area contributed by atoms with Crippen LogP contribution in [-0.4, -0.2) is 30.2 Å². The largest absolute Gasteiger partial charge is 0.507 e. The number of hydrogen-bond acceptors (Lipinski definition) is 4. The van der Waals surface area contributed by atoms with Crippen molar-refractivity contribution in [3.05, 3.63) is 66.6 Å². The minimum atomic E-state index is -0.00143. The highest BCUT2D eigenvalue weighted by Crippen LogP contribution is 2.41. The Kier molecular flexibility index (Phi) is 3.50. The van der Waals surface area contributed by atoms with Gasteiger partial charge in [0, 0.05) is 17.3 Å². The molecule has 124 valence electrons. The Bertz CT molecular complexity index is 1010. The van der Waals surface area contributed by atoms with E-state index in [9.17, 15) is 10.2 Å². The summed E-state index contributed by atoms with van der Waals surface area (Å²) in [6.45, 7) is 1.81. The van der Waals surface area contributed by atoms with Crippen LogP contribution in [0.3, 0.4) is 0 Å². The third kappa shape index (κ3) is 2.63. The molecule has 3 N–H and O–H groups in total. The molecule has 0 aliphatic carbocycles. The van der Waals surface area contributed by atoms with Gasteiger partial charge < -0.3 is 10.2 Å². The minimum absolute atomic E-state index is 0.00143. The number of rotatable bonds is 3. The molecule has 0 fully saturated rings. The molecule has 0 saturated heterocycles. The van der Waals surface area contributed by atoms with E-state index in [1.54, 1.807) is 36.1 Å². The zero-order chi connectivity index (χ0) is 17.4. The van der Waals surface area contributed by atoms with Crippen molar-refractivity contribution in [1.29, 1.82) is 0 Å². The lowest BCUT2D eigenvalue weighted by Crippen LogP contribution is -1.92. The van der Waals surface area contributed by atoms with Crippen LogP contribution < -0.4 is 0 Å². The monoisotopic (exact) mass is 332 g/mol. The Morgan fingerprint density at radius 2 is 1.72 bits per heavy atom. The second-order valence-corrected chi connectivity index (χ2v) is 5.85. The lowest BCUT2D eigenvalue weighted by Gasteiger charge is -2.08. The number of phenols is 2. The van der Waals surface area contributed by atoms with Gasteiger partial charge in [-0.2, -0.15) is 10.2 Å². The van der Waals surface area contributed by atoms with Gasteiger partial charge in [0.15, 0.2) is 0 Å². The second kappa shape index (κ2) is 5.83. The number of para-hydroxylation sites is 1. The number of aromatic hydroxyl groups is 2. The molecule has 2 aromatic heterocycles. The fourth-order valence-corrected chi connectivity index (χ4v) is 2.88. The Morgan fingerprint density at radius 1 is 1.00 bits per heavy atom. The van der Waals surface area contributed by atoms with Crippen molar-refractivity contribution in [2.45, 2.75) is 6.92 Å². The van der Waals surface area contributed by atoms with Gasteiger partial charge in [-0.15, -0.1) is 0 Å². The Labute approximate surface area is 144 Å². The first kappa shape index (κ1) is 15.0. The molecule has 2 heterocycles. The SMILES string of the molecule is Cc1cc(O)c(-c2[nH]ncc2-c2cnn(-c3ccccc3)c2)c(O)c1. The summed E-state index contributed by atoms with van der Waals surface area (Å²) in [5.41, 5.74) is 4.16. The predicted molar refractivity (Wildman–Crippen MR) is 94.6 cm³/mol. The summed E-state index contributed by atoms with van der Waals surface area (Å²) < 4.78 is 1.76. The van der Waals surface area contributed by atoms with E-state index in [0.717, 1.165) is 22.4 Å². The van der Waals surface area contributed by atoms with Crippen LogP contribution in [0, 0.1) is 6.92 Å². The van der Waals surface area contributed by atoms with Gasteiger partial charge in [0.2, 0.25) is 0 Å². The second-order valence-electron chi connectivity index (χ2n) is 5.85. The number of phenolic OH excluding ortho intramolecular Hbond substituents is 2. The van der Waals surface area contributed by atoms with Crippen LogP contribution in [0.5, 0.6) is 11.5 Å². The number of benzene rings is 2. The summed E-state index contributed by atoms with van der Waals surface area (Å²) in [6.07, 6.45) is 5.26. The molecular weight excluding hydrogens is 316 g/mol. The molecule has 0 aliphatic heterocycles. The molecule has 0 unspecified atom stereocenters. The highest BCUT2D eigenvalue weighted by atomic mass is 16.3. The summed E-state index contributed by atoms with van der Waals surface area (Å²) in [5.74, 6) is -0.00287. The van der Waals surface area contributed by atoms with Crippen LogP contribution in [0.4, 0.5) is 0 Å². The molecule has 0 saturated carbocycles. The minimum Gasteiger partial charge on any atom is -0.507 e. The molecule has 4 aromatic rings. The first-order valence-electron chi connectivity index (χ1n) is 7.80. The van der Waals surface area contributed by atoms with Gasteiger partial charge in [-0.1, -0.05) is 18.2 Å². The standard InChI is InChI=1S/C19H16N4O2/c1-12-7-16(24)18(17(25)8-12)19-15(10-20-22-19)13-9-21-23(11-13)14-5-3-2-4-6-14/h2-11,24-25H,1H3,(H,20,22). The smallest absolute Gasteiger partial charge is 0.128 e. The maximum Gasteiger partial charge on any atom is 0.128 e. The summed E-state index contributed by atoms with van der Waals surface area (Å²) in [6, 6.07) is 13.0. The zero-order valence-corrected chi connectivity index (χ0v) is 13.5. The Balaban J connectivity index is 1.80. The van der Waals surface area contributed by atoms with Crippen LogP contribution in [0.1, 0.15) is 5.56 Å². The van der Waals surface area contributed by atoms with Crippen LogP contribution in [0.2, 0.25) is 0 Å². The van der Waals surface area contributed by atoms with E-state index in [4.69, 9.17) is 0 Å². The van der Waals surface area contributed by atoms with Gasteiger partial charge in [0.05, 0.1) is 29.3 Å². The molecule has 4 rings (SSSR count). The van der Waals surface area contributed by atoms with Gasteiger partial charge in [0.1, 0.15) is 11.5 Å². The van der Waals surface area contributed by atoms with E-state index in [-0.39, 0.29) is 11.5 Å². The number of nitrogens with zero attached hydrogens (tertiary/aromatic N) is 3. The lowest BCUT2D eigenvalue weighted by molar-refractivity contribution is 0.453. The first-order chi connectivity index (χ1) is 12.1.